The van der Waals surface area contributed by atoms with Gasteiger partial charge in [-0.3, -0.25) is 34.2 Å². The SMILES string of the molecule is CC(=O)O[C@@H](C)C(=O)O[C@@H](C)C(=O)OCC(=O)O[C@@H](C)C(=O)N(C1=NCCN1C(C)=O)c1ccc2nccnc2c1Br. The zero-order chi connectivity index (χ0) is 31.1. The molecule has 0 N–H and O–H groups in total. The number of aliphatic imine (C=N–C) groups is 1. The Morgan fingerprint density at radius 2 is 1.60 bits per heavy atom. The molecule has 0 fully saturated rings. The molecule has 1 aromatic heterocycles. The van der Waals surface area contributed by atoms with E-state index in [1.165, 1.54) is 45.0 Å². The third-order valence-electron chi connectivity index (χ3n) is 5.71. The average molecular weight is 650 g/mol. The lowest BCUT2D eigenvalue weighted by molar-refractivity contribution is -0.178. The zero-order valence-corrected chi connectivity index (χ0v) is 24.9. The van der Waals surface area contributed by atoms with Gasteiger partial charge in [-0.2, -0.15) is 0 Å². The van der Waals surface area contributed by atoms with E-state index in [0.29, 0.717) is 15.5 Å². The number of ether oxygens (including phenoxy) is 4. The minimum absolute atomic E-state index is 0.0318. The van der Waals surface area contributed by atoms with Crippen LogP contribution in [0.4, 0.5) is 5.69 Å². The summed E-state index contributed by atoms with van der Waals surface area (Å²) in [6.07, 6.45) is -1.11. The molecule has 0 spiro atoms. The van der Waals surface area contributed by atoms with E-state index in [0.717, 1.165) is 11.8 Å². The minimum Gasteiger partial charge on any atom is -0.451 e. The number of fused-ring (bicyclic) bond motifs is 1. The number of halogens is 1. The number of nitrogens with zero attached hydrogens (tertiary/aromatic N) is 5. The Hall–Kier alpha value is -4.47. The Morgan fingerprint density at radius 1 is 0.929 bits per heavy atom. The van der Waals surface area contributed by atoms with Crippen LogP contribution in [0.5, 0.6) is 0 Å². The number of amides is 2. The van der Waals surface area contributed by atoms with Gasteiger partial charge in [0.15, 0.2) is 24.9 Å². The normalized spacial score (nSPS) is 14.7. The van der Waals surface area contributed by atoms with Gasteiger partial charge in [-0.25, -0.2) is 19.3 Å². The van der Waals surface area contributed by atoms with Crippen LogP contribution in [0.3, 0.4) is 0 Å². The second kappa shape index (κ2) is 13.9. The molecule has 1 aliphatic heterocycles. The smallest absolute Gasteiger partial charge is 0.347 e. The third-order valence-corrected chi connectivity index (χ3v) is 6.49. The molecule has 2 heterocycles. The fraction of sp³-hybridized carbons (Fsp3) is 0.423. The number of rotatable bonds is 9. The number of benzene rings is 1. The van der Waals surface area contributed by atoms with Crippen LogP contribution in [-0.2, 0) is 47.7 Å². The second-order valence-corrected chi connectivity index (χ2v) is 9.71. The standard InChI is InChI=1S/C26H28BrN5O10/c1-13(41-20(35)12-39-24(37)14(2)42-25(38)15(3)40-17(5)34)23(36)32(26-30-10-11-31(26)16(4)33)19-7-6-18-22(21(19)27)29-9-8-28-18/h6-9,13-15H,10-12H2,1-5H3/t13-,14-,15-/m0/s1. The Kier molecular flexibility index (Phi) is 10.6. The van der Waals surface area contributed by atoms with Crippen LogP contribution in [0.1, 0.15) is 34.6 Å². The molecule has 3 rings (SSSR count). The van der Waals surface area contributed by atoms with E-state index in [2.05, 4.69) is 35.6 Å². The summed E-state index contributed by atoms with van der Waals surface area (Å²) in [5.74, 6) is -4.93. The molecule has 0 bridgehead atoms. The number of hydrogen-bond donors (Lipinski definition) is 0. The fourth-order valence-electron chi connectivity index (χ4n) is 3.74. The molecule has 16 heteroatoms. The Morgan fingerprint density at radius 3 is 2.26 bits per heavy atom. The van der Waals surface area contributed by atoms with Gasteiger partial charge in [0, 0.05) is 32.8 Å². The molecule has 0 saturated heterocycles. The van der Waals surface area contributed by atoms with E-state index < -0.39 is 54.7 Å². The highest BCUT2D eigenvalue weighted by molar-refractivity contribution is 9.10. The number of aromatic nitrogens is 2. The second-order valence-electron chi connectivity index (χ2n) is 8.92. The Balaban J connectivity index is 1.72. The quantitative estimate of drug-likeness (QED) is 0.281. The molecule has 15 nitrogen and oxygen atoms in total. The average Bonchev–Trinajstić information content (AvgIpc) is 3.42. The summed E-state index contributed by atoms with van der Waals surface area (Å²) in [7, 11) is 0. The number of anilines is 1. The molecule has 1 aromatic carbocycles. The van der Waals surface area contributed by atoms with Crippen molar-refractivity contribution in [3.05, 3.63) is 29.0 Å². The molecule has 2 aromatic rings. The molecule has 42 heavy (non-hydrogen) atoms. The van der Waals surface area contributed by atoms with Crippen LogP contribution in [0.2, 0.25) is 0 Å². The number of carbonyl (C=O) groups is 6. The zero-order valence-electron chi connectivity index (χ0n) is 23.4. The topological polar surface area (TPSA) is 184 Å². The van der Waals surface area contributed by atoms with Crippen molar-refractivity contribution in [1.29, 1.82) is 0 Å². The van der Waals surface area contributed by atoms with Gasteiger partial charge in [-0.1, -0.05) is 0 Å². The molecular weight excluding hydrogens is 622 g/mol. The maximum Gasteiger partial charge on any atom is 0.347 e. The highest BCUT2D eigenvalue weighted by Gasteiger charge is 2.36. The molecule has 3 atom stereocenters. The first-order valence-corrected chi connectivity index (χ1v) is 13.4. The van der Waals surface area contributed by atoms with Gasteiger partial charge < -0.3 is 18.9 Å². The van der Waals surface area contributed by atoms with E-state index in [1.54, 1.807) is 12.1 Å². The largest absolute Gasteiger partial charge is 0.451 e. The highest BCUT2D eigenvalue weighted by Crippen LogP contribution is 2.33. The molecule has 0 aliphatic carbocycles. The van der Waals surface area contributed by atoms with Gasteiger partial charge in [0.2, 0.25) is 11.9 Å². The van der Waals surface area contributed by atoms with Crippen LogP contribution in [0.15, 0.2) is 34.0 Å². The predicted octanol–water partition coefficient (Wildman–Crippen LogP) is 1.30. The lowest BCUT2D eigenvalue weighted by Gasteiger charge is -2.30. The minimum atomic E-state index is -1.43. The maximum absolute atomic E-state index is 13.7. The summed E-state index contributed by atoms with van der Waals surface area (Å²) in [5, 5.41) is 0. The number of carbonyl (C=O) groups excluding carboxylic acids is 6. The van der Waals surface area contributed by atoms with E-state index in [1.807, 2.05) is 0 Å². The van der Waals surface area contributed by atoms with Gasteiger partial charge in [0.1, 0.15) is 5.52 Å². The van der Waals surface area contributed by atoms with Crippen molar-refractivity contribution in [1.82, 2.24) is 14.9 Å². The Labute approximate surface area is 248 Å². The monoisotopic (exact) mass is 649 g/mol. The Bertz CT molecular complexity index is 1450. The van der Waals surface area contributed by atoms with E-state index in [4.69, 9.17) is 14.2 Å². The van der Waals surface area contributed by atoms with Crippen molar-refractivity contribution < 1.29 is 47.7 Å². The number of hydrogen-bond acceptors (Lipinski definition) is 13. The summed E-state index contributed by atoms with van der Waals surface area (Å²) >= 11 is 3.47. The van der Waals surface area contributed by atoms with Crippen molar-refractivity contribution in [2.24, 2.45) is 4.99 Å². The lowest BCUT2D eigenvalue weighted by atomic mass is 10.2. The lowest BCUT2D eigenvalue weighted by Crippen LogP contribution is -2.51. The third kappa shape index (κ3) is 7.63. The molecule has 224 valence electrons. The summed E-state index contributed by atoms with van der Waals surface area (Å²) in [6.45, 7) is 5.79. The number of esters is 4. The fourth-order valence-corrected chi connectivity index (χ4v) is 4.36. The van der Waals surface area contributed by atoms with E-state index in [9.17, 15) is 28.8 Å². The summed E-state index contributed by atoms with van der Waals surface area (Å²) < 4.78 is 20.0. The summed E-state index contributed by atoms with van der Waals surface area (Å²) in [6, 6.07) is 3.22. The van der Waals surface area contributed by atoms with Crippen molar-refractivity contribution in [3.8, 4) is 0 Å². The van der Waals surface area contributed by atoms with Gasteiger partial charge in [0.25, 0.3) is 5.91 Å². The first kappa shape index (κ1) is 32.0. The summed E-state index contributed by atoms with van der Waals surface area (Å²) in [5.41, 5.74) is 1.25. The highest BCUT2D eigenvalue weighted by atomic mass is 79.9. The van der Waals surface area contributed by atoms with Crippen LogP contribution in [0, 0.1) is 0 Å². The van der Waals surface area contributed by atoms with Gasteiger partial charge in [-0.05, 0) is 48.8 Å². The van der Waals surface area contributed by atoms with Crippen molar-refractivity contribution in [2.45, 2.75) is 52.9 Å². The molecular formula is C26H28BrN5O10. The van der Waals surface area contributed by atoms with Crippen molar-refractivity contribution in [2.75, 3.05) is 24.6 Å². The maximum atomic E-state index is 13.7. The molecule has 0 unspecified atom stereocenters. The van der Waals surface area contributed by atoms with Crippen molar-refractivity contribution in [3.63, 3.8) is 0 Å². The number of guanidine groups is 1. The van der Waals surface area contributed by atoms with Gasteiger partial charge >= 0.3 is 23.9 Å². The van der Waals surface area contributed by atoms with E-state index in [-0.39, 0.29) is 30.6 Å². The first-order chi connectivity index (χ1) is 19.8. The van der Waals surface area contributed by atoms with Crippen LogP contribution >= 0.6 is 15.9 Å². The predicted molar refractivity (Wildman–Crippen MR) is 148 cm³/mol. The summed E-state index contributed by atoms with van der Waals surface area (Å²) in [4.78, 5) is 88.9. The molecule has 0 saturated carbocycles. The van der Waals surface area contributed by atoms with Crippen LogP contribution in [0.25, 0.3) is 11.0 Å². The molecule has 1 aliphatic rings. The van der Waals surface area contributed by atoms with Gasteiger partial charge in [-0.15, -0.1) is 0 Å². The van der Waals surface area contributed by atoms with E-state index >= 15 is 0 Å². The van der Waals surface area contributed by atoms with Crippen LogP contribution in [-0.4, -0.2) is 94.5 Å². The van der Waals surface area contributed by atoms with Crippen LogP contribution < -0.4 is 4.90 Å². The van der Waals surface area contributed by atoms with Crippen molar-refractivity contribution >= 4 is 74.3 Å². The first-order valence-electron chi connectivity index (χ1n) is 12.6. The molecule has 2 amide bonds. The van der Waals surface area contributed by atoms with Gasteiger partial charge in [0.05, 0.1) is 22.2 Å². The molecule has 0 radical (unpaired) electrons.